The number of piperidine rings is 1. The van der Waals surface area contributed by atoms with Crippen LogP contribution in [0.2, 0.25) is 0 Å². The molecule has 2 fully saturated rings. The Balaban J connectivity index is 1.64. The molecule has 13 heteroatoms. The molecule has 0 aromatic heterocycles. The van der Waals surface area contributed by atoms with Crippen molar-refractivity contribution in [2.24, 2.45) is 0 Å². The molecule has 2 aromatic carbocycles. The molecule has 0 atom stereocenters. The number of nitrogens with zero attached hydrogens (tertiary/aromatic N) is 4. The Morgan fingerprint density at radius 1 is 0.927 bits per heavy atom. The summed E-state index contributed by atoms with van der Waals surface area (Å²) in [5, 5.41) is 0. The first-order valence-corrected chi connectivity index (χ1v) is 13.0. The van der Waals surface area contributed by atoms with Gasteiger partial charge in [0.2, 0.25) is 0 Å². The summed E-state index contributed by atoms with van der Waals surface area (Å²) >= 11 is 0. The summed E-state index contributed by atoms with van der Waals surface area (Å²) in [7, 11) is 3.73. The molecule has 222 valence electrons. The molecule has 4 rings (SSSR count). The van der Waals surface area contributed by atoms with E-state index in [1.165, 1.54) is 9.80 Å². The predicted octanol–water partition coefficient (Wildman–Crippen LogP) is 5.43. The molecule has 2 aliphatic heterocycles. The van der Waals surface area contributed by atoms with Crippen molar-refractivity contribution in [2.75, 3.05) is 45.2 Å². The molecule has 1 spiro atoms. The fraction of sp³-hybridized carbons (Fsp3) is 0.464. The van der Waals surface area contributed by atoms with Gasteiger partial charge in [-0.15, -0.1) is 0 Å². The largest absolute Gasteiger partial charge is 0.416 e. The number of likely N-dealkylation sites (tertiary alicyclic amines) is 1. The van der Waals surface area contributed by atoms with E-state index in [1.54, 1.807) is 31.2 Å². The molecule has 2 aromatic rings. The Hall–Kier alpha value is -3.61. The molecule has 0 N–H and O–H groups in total. The lowest BCUT2D eigenvalue weighted by Gasteiger charge is -2.42. The average molecular weight is 585 g/mol. The van der Waals surface area contributed by atoms with Gasteiger partial charge in [0, 0.05) is 30.9 Å². The number of amides is 4. The lowest BCUT2D eigenvalue weighted by molar-refractivity contribution is -0.143. The SMILES string of the molecule is Cc1ccccc1N1C(=O)N(CCCN(C)C)C(=O)C12CCN(C(=O)c1cc(C(F)(F)F)cc(C(F)(F)F)c1)CC2. The third-order valence-corrected chi connectivity index (χ3v) is 7.55. The van der Waals surface area contributed by atoms with Gasteiger partial charge >= 0.3 is 18.4 Å². The molecule has 7 nitrogen and oxygen atoms in total. The second-order valence-corrected chi connectivity index (χ2v) is 10.6. The van der Waals surface area contributed by atoms with Crippen LogP contribution in [0.25, 0.3) is 0 Å². The van der Waals surface area contributed by atoms with E-state index in [2.05, 4.69) is 0 Å². The first kappa shape index (κ1) is 30.4. The maximum atomic E-state index is 13.8. The van der Waals surface area contributed by atoms with Gasteiger partial charge in [-0.2, -0.15) is 26.3 Å². The second-order valence-electron chi connectivity index (χ2n) is 10.6. The quantitative estimate of drug-likeness (QED) is 0.336. The molecule has 0 unspecified atom stereocenters. The summed E-state index contributed by atoms with van der Waals surface area (Å²) in [6, 6.07) is 7.29. The van der Waals surface area contributed by atoms with Gasteiger partial charge in [-0.3, -0.25) is 19.4 Å². The van der Waals surface area contributed by atoms with E-state index in [0.29, 0.717) is 30.8 Å². The Morgan fingerprint density at radius 3 is 2.00 bits per heavy atom. The molecule has 2 aliphatic rings. The number of anilines is 1. The predicted molar refractivity (Wildman–Crippen MR) is 138 cm³/mol. The van der Waals surface area contributed by atoms with Crippen molar-refractivity contribution < 1.29 is 40.7 Å². The molecular formula is C28H30F6N4O3. The van der Waals surface area contributed by atoms with Gasteiger partial charge in [0.05, 0.1) is 11.1 Å². The fourth-order valence-electron chi connectivity index (χ4n) is 5.41. The van der Waals surface area contributed by atoms with Gasteiger partial charge < -0.3 is 9.80 Å². The number of alkyl halides is 6. The van der Waals surface area contributed by atoms with E-state index >= 15 is 0 Å². The van der Waals surface area contributed by atoms with Crippen molar-refractivity contribution in [1.29, 1.82) is 0 Å². The third kappa shape index (κ3) is 5.90. The normalized spacial score (nSPS) is 17.8. The molecule has 0 bridgehead atoms. The Morgan fingerprint density at radius 2 is 1.49 bits per heavy atom. The zero-order valence-electron chi connectivity index (χ0n) is 22.8. The van der Waals surface area contributed by atoms with Crippen molar-refractivity contribution >= 4 is 23.5 Å². The van der Waals surface area contributed by atoms with Gasteiger partial charge in [-0.05, 0) is 76.7 Å². The Kier molecular flexibility index (Phi) is 8.14. The van der Waals surface area contributed by atoms with Gasteiger partial charge in [0.25, 0.3) is 11.8 Å². The third-order valence-electron chi connectivity index (χ3n) is 7.55. The number of carbonyl (C=O) groups excluding carboxylic acids is 3. The van der Waals surface area contributed by atoms with Gasteiger partial charge in [-0.1, -0.05) is 18.2 Å². The van der Waals surface area contributed by atoms with Crippen LogP contribution in [0.5, 0.6) is 0 Å². The Bertz CT molecular complexity index is 1300. The first-order valence-electron chi connectivity index (χ1n) is 13.0. The smallest absolute Gasteiger partial charge is 0.338 e. The number of para-hydroxylation sites is 1. The molecule has 0 saturated carbocycles. The van der Waals surface area contributed by atoms with Crippen molar-refractivity contribution in [3.8, 4) is 0 Å². The van der Waals surface area contributed by atoms with Gasteiger partial charge in [-0.25, -0.2) is 4.79 Å². The van der Waals surface area contributed by atoms with Crippen molar-refractivity contribution in [2.45, 2.75) is 44.1 Å². The summed E-state index contributed by atoms with van der Waals surface area (Å²) in [6.45, 7) is 2.30. The topological polar surface area (TPSA) is 64.2 Å². The van der Waals surface area contributed by atoms with Crippen LogP contribution >= 0.6 is 0 Å². The monoisotopic (exact) mass is 584 g/mol. The summed E-state index contributed by atoms with van der Waals surface area (Å²) in [5.74, 6) is -1.45. The van der Waals surface area contributed by atoms with E-state index in [-0.39, 0.29) is 38.5 Å². The zero-order valence-corrected chi connectivity index (χ0v) is 22.8. The number of hydrogen-bond donors (Lipinski definition) is 0. The average Bonchev–Trinajstić information content (AvgIpc) is 3.08. The highest BCUT2D eigenvalue weighted by atomic mass is 19.4. The highest BCUT2D eigenvalue weighted by molar-refractivity contribution is 6.17. The van der Waals surface area contributed by atoms with Crippen LogP contribution in [-0.4, -0.2) is 78.4 Å². The number of urea groups is 1. The fourth-order valence-corrected chi connectivity index (χ4v) is 5.41. The Labute approximate surface area is 233 Å². The van der Waals surface area contributed by atoms with Crippen molar-refractivity contribution in [1.82, 2.24) is 14.7 Å². The second kappa shape index (κ2) is 11.0. The van der Waals surface area contributed by atoms with E-state index in [9.17, 15) is 40.7 Å². The number of benzene rings is 2. The molecule has 2 heterocycles. The zero-order chi connectivity index (χ0) is 30.3. The number of imide groups is 1. The standard InChI is InChI=1S/C28H30F6N4O3/c1-18-7-4-5-8-22(18)38-25(41)37(12-6-11-35(2)3)24(40)26(38)9-13-36(14-10-26)23(39)19-15-20(27(29,30)31)17-21(16-19)28(32,33)34/h4-5,7-8,15-17H,6,9-14H2,1-3H3. The van der Waals surface area contributed by atoms with E-state index < -0.39 is 52.4 Å². The minimum absolute atomic E-state index is 0.0320. The van der Waals surface area contributed by atoms with Crippen molar-refractivity contribution in [3.05, 3.63) is 64.7 Å². The minimum Gasteiger partial charge on any atom is -0.338 e. The highest BCUT2D eigenvalue weighted by Crippen LogP contribution is 2.42. The van der Waals surface area contributed by atoms with Gasteiger partial charge in [0.1, 0.15) is 5.54 Å². The van der Waals surface area contributed by atoms with Crippen LogP contribution in [0.1, 0.15) is 46.3 Å². The number of carbonyl (C=O) groups is 3. The number of hydrogen-bond acceptors (Lipinski definition) is 4. The van der Waals surface area contributed by atoms with Crippen LogP contribution < -0.4 is 4.90 Å². The number of aryl methyl sites for hydroxylation is 1. The van der Waals surface area contributed by atoms with Crippen LogP contribution in [0.4, 0.5) is 36.8 Å². The van der Waals surface area contributed by atoms with Crippen LogP contribution in [0.3, 0.4) is 0 Å². The van der Waals surface area contributed by atoms with Gasteiger partial charge in [0.15, 0.2) is 0 Å². The van der Waals surface area contributed by atoms with Crippen LogP contribution in [-0.2, 0) is 17.1 Å². The summed E-state index contributed by atoms with van der Waals surface area (Å²) in [4.78, 5) is 46.3. The highest BCUT2D eigenvalue weighted by Gasteiger charge is 2.59. The molecule has 2 saturated heterocycles. The molecular weight excluding hydrogens is 554 g/mol. The summed E-state index contributed by atoms with van der Waals surface area (Å²) in [5.41, 5.74) is -4.00. The van der Waals surface area contributed by atoms with E-state index in [0.717, 1.165) is 10.5 Å². The number of halogens is 6. The first-order chi connectivity index (χ1) is 19.1. The van der Waals surface area contributed by atoms with E-state index in [4.69, 9.17) is 0 Å². The lowest BCUT2D eigenvalue weighted by Crippen LogP contribution is -2.57. The molecule has 4 amide bonds. The lowest BCUT2D eigenvalue weighted by atomic mass is 9.84. The molecule has 0 radical (unpaired) electrons. The maximum absolute atomic E-state index is 13.8. The van der Waals surface area contributed by atoms with E-state index in [1.807, 2.05) is 19.0 Å². The minimum atomic E-state index is -5.09. The van der Waals surface area contributed by atoms with Crippen molar-refractivity contribution in [3.63, 3.8) is 0 Å². The maximum Gasteiger partial charge on any atom is 0.416 e. The van der Waals surface area contributed by atoms with Crippen LogP contribution in [0, 0.1) is 6.92 Å². The van der Waals surface area contributed by atoms with Crippen LogP contribution in [0.15, 0.2) is 42.5 Å². The molecule has 0 aliphatic carbocycles. The molecule has 41 heavy (non-hydrogen) atoms. The summed E-state index contributed by atoms with van der Waals surface area (Å²) in [6.07, 6.45) is -9.73. The summed E-state index contributed by atoms with van der Waals surface area (Å²) < 4.78 is 80.1. The number of rotatable bonds is 6.